The molecule has 7 heavy (non-hydrogen) atoms. The summed E-state index contributed by atoms with van der Waals surface area (Å²) in [5.41, 5.74) is 0. The Balaban J connectivity index is 1.90. The first kappa shape index (κ1) is 6.12. The molecule has 1 heterocycles. The molecule has 0 aliphatic carbocycles. The Labute approximate surface area is 63.6 Å². The maximum absolute atomic E-state index is 3.81. The Hall–Kier alpha value is 1.00. The number of rotatable bonds is 3. The molecule has 42 valence electrons. The van der Waals surface area contributed by atoms with Gasteiger partial charge >= 0.3 is 64.1 Å². The quantitative estimate of drug-likeness (QED) is 0.243. The number of aliphatic imine (C=N–C) groups is 1. The van der Waals surface area contributed by atoms with E-state index in [0.29, 0.717) is 41.9 Å². The van der Waals surface area contributed by atoms with E-state index in [-0.39, 0.29) is 0 Å². The van der Waals surface area contributed by atoms with Crippen molar-refractivity contribution in [1.82, 2.24) is 0 Å². The van der Waals surface area contributed by atoms with E-state index in [4.69, 9.17) is 0 Å². The fourth-order valence-corrected chi connectivity index (χ4v) is 6.04. The van der Waals surface area contributed by atoms with Crippen LogP contribution in [0.3, 0.4) is 0 Å². The number of nitrogens with zero attached hydrogens (tertiary/aromatic N) is 1. The molecule has 0 aromatic carbocycles. The van der Waals surface area contributed by atoms with Crippen LogP contribution in [0.5, 0.6) is 0 Å². The fraction of sp³-hybridized carbons (Fsp3) is 0.500. The topological polar surface area (TPSA) is 12.4 Å². The zero-order valence-electron chi connectivity index (χ0n) is 3.77. The minimum atomic E-state index is 0.440. The van der Waals surface area contributed by atoms with Crippen LogP contribution < -0.4 is 21.2 Å². The third-order valence-corrected chi connectivity index (χ3v) is 9.38. The predicted octanol–water partition coefficient (Wildman–Crippen LogP) is -2.15. The third kappa shape index (κ3) is 2.73. The van der Waals surface area contributed by atoms with Crippen molar-refractivity contribution < 1.29 is 21.2 Å². The third-order valence-electron chi connectivity index (χ3n) is 0.522. The monoisotopic (exact) mass is 322 g/mol. The molecule has 1 rings (SSSR count). The van der Waals surface area contributed by atoms with Crippen molar-refractivity contribution >= 4 is 31.5 Å². The molecular weight excluding hydrogens is 316 g/mol. The van der Waals surface area contributed by atoms with E-state index in [9.17, 15) is 0 Å². The molecule has 0 amide bonds. The molecule has 0 radical (unpaired) electrons. The van der Waals surface area contributed by atoms with Crippen LogP contribution >= 0.6 is 20.7 Å². The summed E-state index contributed by atoms with van der Waals surface area (Å²) in [5, 5.41) is 0. The van der Waals surface area contributed by atoms with Crippen molar-refractivity contribution in [2.24, 2.45) is 4.99 Å². The normalized spacial score (nSPS) is 26.6. The van der Waals surface area contributed by atoms with Crippen molar-refractivity contribution in [3.63, 3.8) is 0 Å². The molecule has 3 heteroatoms. The first-order valence-electron chi connectivity index (χ1n) is 1.89. The van der Waals surface area contributed by atoms with E-state index in [2.05, 4.69) is 15.7 Å². The van der Waals surface area contributed by atoms with Crippen LogP contribution in [0, 0.1) is 0 Å². The van der Waals surface area contributed by atoms with Crippen LogP contribution in [0.1, 0.15) is 0 Å². The van der Waals surface area contributed by atoms with E-state index in [1.807, 2.05) is 0 Å². The van der Waals surface area contributed by atoms with Gasteiger partial charge in [0.2, 0.25) is 0 Å². The van der Waals surface area contributed by atoms with E-state index >= 15 is 0 Å². The Bertz CT molecular complexity index is 93.9. The molecular formula is C4H6I2N-. The van der Waals surface area contributed by atoms with Gasteiger partial charge in [0, 0.05) is 0 Å². The summed E-state index contributed by atoms with van der Waals surface area (Å²) >= 11 is 1.04. The Morgan fingerprint density at radius 3 is 3.14 bits per heavy atom. The maximum atomic E-state index is 3.81. The summed E-state index contributed by atoms with van der Waals surface area (Å²) < 4.78 is 4.67. The van der Waals surface area contributed by atoms with Crippen molar-refractivity contribution in [1.29, 1.82) is 0 Å². The minimum absolute atomic E-state index is 0.440. The summed E-state index contributed by atoms with van der Waals surface area (Å²) in [5.74, 6) is 0. The second-order valence-corrected chi connectivity index (χ2v) is 9.15. The molecule has 0 saturated carbocycles. The average molecular weight is 322 g/mol. The number of halogens is 2. The van der Waals surface area contributed by atoms with Crippen LogP contribution in [0.4, 0.5) is 0 Å². The van der Waals surface area contributed by atoms with E-state index < -0.39 is 0 Å². The molecule has 0 N–H and O–H groups in total. The number of alkyl halides is 3. The van der Waals surface area contributed by atoms with Gasteiger partial charge in [0.25, 0.3) is 0 Å². The number of hydrogen-bond donors (Lipinski definition) is 0. The van der Waals surface area contributed by atoms with Gasteiger partial charge in [-0.25, -0.2) is 0 Å². The van der Waals surface area contributed by atoms with Crippen molar-refractivity contribution in [2.45, 2.75) is 1.93 Å². The first-order chi connectivity index (χ1) is 3.43. The summed E-state index contributed by atoms with van der Waals surface area (Å²) in [6.07, 6.45) is 0. The van der Waals surface area contributed by atoms with Gasteiger partial charge in [0.05, 0.1) is 0 Å². The number of hydrogen-bond acceptors (Lipinski definition) is 1. The molecule has 0 aromatic heterocycles. The van der Waals surface area contributed by atoms with Gasteiger partial charge < -0.3 is 0 Å². The molecule has 0 bridgehead atoms. The molecule has 1 aliphatic heterocycles. The summed E-state index contributed by atoms with van der Waals surface area (Å²) in [6, 6.07) is 0. The Morgan fingerprint density at radius 1 is 2.00 bits per heavy atom. The summed E-state index contributed by atoms with van der Waals surface area (Å²) in [4.78, 5) is 3.81. The standard InChI is InChI=1S/C4H6I2N/c1-7-3-6-4-2-5-4/h2,4H,1,3H2/q-1. The molecule has 0 saturated heterocycles. The van der Waals surface area contributed by atoms with Gasteiger partial charge in [0.1, 0.15) is 0 Å². The van der Waals surface area contributed by atoms with E-state index in [0.717, 1.165) is 6.48 Å². The van der Waals surface area contributed by atoms with Gasteiger partial charge in [-0.05, 0) is 0 Å². The SMILES string of the molecule is C=NC[I-]C1C=I1. The zero-order chi connectivity index (χ0) is 5.11. The van der Waals surface area contributed by atoms with Gasteiger partial charge in [-0.1, -0.05) is 0 Å². The van der Waals surface area contributed by atoms with Gasteiger partial charge in [-0.2, -0.15) is 0 Å². The second kappa shape index (κ2) is 3.11. The van der Waals surface area contributed by atoms with E-state index in [1.54, 1.807) is 0 Å². The van der Waals surface area contributed by atoms with Crippen LogP contribution in [0.25, 0.3) is 0 Å². The van der Waals surface area contributed by atoms with Crippen LogP contribution in [0.15, 0.2) is 4.99 Å². The fourth-order valence-electron chi connectivity index (χ4n) is 0.210. The van der Waals surface area contributed by atoms with Gasteiger partial charge in [-0.3, -0.25) is 0 Å². The van der Waals surface area contributed by atoms with Crippen molar-refractivity contribution in [3.8, 4) is 0 Å². The molecule has 0 spiro atoms. The Kier molecular flexibility index (Phi) is 2.72. The Morgan fingerprint density at radius 2 is 2.71 bits per heavy atom. The van der Waals surface area contributed by atoms with Crippen molar-refractivity contribution in [2.75, 3.05) is 4.55 Å². The van der Waals surface area contributed by atoms with E-state index in [1.165, 1.54) is 0 Å². The van der Waals surface area contributed by atoms with Crippen molar-refractivity contribution in [3.05, 3.63) is 0 Å². The van der Waals surface area contributed by atoms with Crippen LogP contribution in [0.2, 0.25) is 0 Å². The summed E-state index contributed by atoms with van der Waals surface area (Å²) in [6.45, 7) is 3.44. The van der Waals surface area contributed by atoms with Gasteiger partial charge in [-0.15, -0.1) is 0 Å². The molecule has 1 nitrogen and oxygen atoms in total. The van der Waals surface area contributed by atoms with Crippen LogP contribution in [-0.2, 0) is 0 Å². The van der Waals surface area contributed by atoms with Gasteiger partial charge in [0.15, 0.2) is 0 Å². The average Bonchev–Trinajstić information content (AvgIpc) is 2.42. The molecule has 1 unspecified atom stereocenters. The first-order valence-corrected chi connectivity index (χ1v) is 7.15. The molecule has 1 aliphatic rings. The molecule has 1 atom stereocenters. The zero-order valence-corrected chi connectivity index (χ0v) is 8.09. The summed E-state index contributed by atoms with van der Waals surface area (Å²) in [7, 11) is 0. The molecule has 0 fully saturated rings. The molecule has 0 aromatic rings. The van der Waals surface area contributed by atoms with Crippen LogP contribution in [-0.4, -0.2) is 17.2 Å². The predicted molar refractivity (Wildman–Crippen MR) is 38.3 cm³/mol. The second-order valence-electron chi connectivity index (χ2n) is 1.08.